The van der Waals surface area contributed by atoms with E-state index in [-0.39, 0.29) is 11.8 Å². The summed E-state index contributed by atoms with van der Waals surface area (Å²) in [5.41, 5.74) is 0.499. The monoisotopic (exact) mass is 303 g/mol. The van der Waals surface area contributed by atoms with Crippen molar-refractivity contribution in [1.82, 2.24) is 5.32 Å². The topological polar surface area (TPSA) is 66.4 Å². The molecule has 4 heteroatoms. The van der Waals surface area contributed by atoms with Gasteiger partial charge in [0.05, 0.1) is 11.5 Å². The highest BCUT2D eigenvalue weighted by Gasteiger charge is 2.42. The summed E-state index contributed by atoms with van der Waals surface area (Å²) in [7, 11) is 0. The molecule has 0 aliphatic heterocycles. The number of rotatable bonds is 5. The maximum absolute atomic E-state index is 12.4. The maximum atomic E-state index is 12.4. The molecular formula is C18H25NO3. The molecule has 0 aromatic heterocycles. The van der Waals surface area contributed by atoms with Gasteiger partial charge in [-0.1, -0.05) is 50.1 Å². The summed E-state index contributed by atoms with van der Waals surface area (Å²) >= 11 is 0. The van der Waals surface area contributed by atoms with Crippen molar-refractivity contribution in [3.05, 3.63) is 35.9 Å². The standard InChI is InChI=1S/C18H25NO3/c1-13(14-8-4-3-5-9-14)12-16(20)19-18(2)11-7-6-10-15(18)17(21)22/h3-5,8-9,13,15H,6-7,10-12H2,1-2H3,(H,19,20)(H,21,22). The van der Waals surface area contributed by atoms with Crippen LogP contribution in [0.4, 0.5) is 0 Å². The van der Waals surface area contributed by atoms with Gasteiger partial charge < -0.3 is 10.4 Å². The minimum Gasteiger partial charge on any atom is -0.481 e. The lowest BCUT2D eigenvalue weighted by Gasteiger charge is -2.40. The average Bonchev–Trinajstić information content (AvgIpc) is 2.47. The number of carbonyl (C=O) groups excluding carboxylic acids is 1. The van der Waals surface area contributed by atoms with Gasteiger partial charge in [0.2, 0.25) is 5.91 Å². The number of carboxylic acid groups (broad SMARTS) is 1. The molecule has 1 fully saturated rings. The van der Waals surface area contributed by atoms with Gasteiger partial charge in [0.1, 0.15) is 0 Å². The van der Waals surface area contributed by atoms with Gasteiger partial charge in [-0.25, -0.2) is 0 Å². The van der Waals surface area contributed by atoms with Crippen LogP contribution in [0.3, 0.4) is 0 Å². The van der Waals surface area contributed by atoms with E-state index in [1.54, 1.807) is 0 Å². The molecule has 2 rings (SSSR count). The predicted octanol–water partition coefficient (Wildman–Crippen LogP) is 3.33. The molecule has 1 aromatic rings. The Labute approximate surface area is 131 Å². The molecule has 1 aliphatic rings. The zero-order valence-corrected chi connectivity index (χ0v) is 13.3. The molecule has 0 saturated heterocycles. The number of carboxylic acids is 1. The Hall–Kier alpha value is -1.84. The molecule has 3 unspecified atom stereocenters. The van der Waals surface area contributed by atoms with Crippen LogP contribution in [0.1, 0.15) is 57.4 Å². The van der Waals surface area contributed by atoms with E-state index in [2.05, 4.69) is 5.32 Å². The first-order valence-corrected chi connectivity index (χ1v) is 8.01. The highest BCUT2D eigenvalue weighted by atomic mass is 16.4. The number of carbonyl (C=O) groups is 2. The van der Waals surface area contributed by atoms with Crippen LogP contribution in [-0.2, 0) is 9.59 Å². The molecule has 0 heterocycles. The second-order valence-corrected chi connectivity index (χ2v) is 6.62. The normalized spacial score (nSPS) is 26.2. The summed E-state index contributed by atoms with van der Waals surface area (Å²) < 4.78 is 0. The van der Waals surface area contributed by atoms with Crippen LogP contribution in [-0.4, -0.2) is 22.5 Å². The van der Waals surface area contributed by atoms with Crippen molar-refractivity contribution >= 4 is 11.9 Å². The Kier molecular flexibility index (Phi) is 5.22. The lowest BCUT2D eigenvalue weighted by Crippen LogP contribution is -2.55. The molecule has 1 saturated carbocycles. The molecule has 4 nitrogen and oxygen atoms in total. The maximum Gasteiger partial charge on any atom is 0.308 e. The fourth-order valence-corrected chi connectivity index (χ4v) is 3.43. The molecule has 22 heavy (non-hydrogen) atoms. The van der Waals surface area contributed by atoms with Crippen LogP contribution in [0.25, 0.3) is 0 Å². The first kappa shape index (κ1) is 16.5. The number of hydrogen-bond donors (Lipinski definition) is 2. The van der Waals surface area contributed by atoms with E-state index in [9.17, 15) is 14.7 Å². The molecule has 0 spiro atoms. The molecule has 0 bridgehead atoms. The van der Waals surface area contributed by atoms with Gasteiger partial charge in [-0.2, -0.15) is 0 Å². The fraction of sp³-hybridized carbons (Fsp3) is 0.556. The van der Waals surface area contributed by atoms with Crippen LogP contribution in [0.5, 0.6) is 0 Å². The summed E-state index contributed by atoms with van der Waals surface area (Å²) in [5.74, 6) is -1.24. The quantitative estimate of drug-likeness (QED) is 0.877. The summed E-state index contributed by atoms with van der Waals surface area (Å²) in [4.78, 5) is 23.8. The van der Waals surface area contributed by atoms with Gasteiger partial charge >= 0.3 is 5.97 Å². The highest BCUT2D eigenvalue weighted by Crippen LogP contribution is 2.34. The van der Waals surface area contributed by atoms with E-state index in [4.69, 9.17) is 0 Å². The Morgan fingerprint density at radius 2 is 2.00 bits per heavy atom. The lowest BCUT2D eigenvalue weighted by atomic mass is 9.73. The first-order chi connectivity index (χ1) is 10.4. The molecule has 120 valence electrons. The third kappa shape index (κ3) is 3.87. The second kappa shape index (κ2) is 6.95. The van der Waals surface area contributed by atoms with Crippen molar-refractivity contribution in [3.8, 4) is 0 Å². The van der Waals surface area contributed by atoms with Crippen LogP contribution < -0.4 is 5.32 Å². The van der Waals surface area contributed by atoms with Crippen molar-refractivity contribution in [2.75, 3.05) is 0 Å². The van der Waals surface area contributed by atoms with Crippen molar-refractivity contribution in [2.45, 2.75) is 57.4 Å². The third-order valence-corrected chi connectivity index (χ3v) is 4.79. The van der Waals surface area contributed by atoms with E-state index in [1.165, 1.54) is 0 Å². The molecule has 1 amide bonds. The first-order valence-electron chi connectivity index (χ1n) is 8.01. The van der Waals surface area contributed by atoms with Crippen molar-refractivity contribution in [2.24, 2.45) is 5.92 Å². The third-order valence-electron chi connectivity index (χ3n) is 4.79. The second-order valence-electron chi connectivity index (χ2n) is 6.62. The Balaban J connectivity index is 1.99. The van der Waals surface area contributed by atoms with Crippen LogP contribution in [0, 0.1) is 5.92 Å². The molecule has 1 aliphatic carbocycles. The van der Waals surface area contributed by atoms with Crippen LogP contribution in [0.15, 0.2) is 30.3 Å². The van der Waals surface area contributed by atoms with Gasteiger partial charge in [-0.15, -0.1) is 0 Å². The molecule has 0 radical (unpaired) electrons. The highest BCUT2D eigenvalue weighted by molar-refractivity contribution is 5.80. The lowest BCUT2D eigenvalue weighted by molar-refractivity contribution is -0.146. The van der Waals surface area contributed by atoms with Gasteiger partial charge in [0.15, 0.2) is 0 Å². The summed E-state index contributed by atoms with van der Waals surface area (Å²) in [5, 5.41) is 12.4. The summed E-state index contributed by atoms with van der Waals surface area (Å²) in [6, 6.07) is 9.91. The number of benzene rings is 1. The van der Waals surface area contributed by atoms with E-state index < -0.39 is 17.4 Å². The number of hydrogen-bond acceptors (Lipinski definition) is 2. The fourth-order valence-electron chi connectivity index (χ4n) is 3.43. The number of aliphatic carboxylic acids is 1. The van der Waals surface area contributed by atoms with Gasteiger partial charge in [-0.05, 0) is 31.2 Å². The Morgan fingerprint density at radius 1 is 1.32 bits per heavy atom. The van der Waals surface area contributed by atoms with Gasteiger partial charge in [-0.3, -0.25) is 9.59 Å². The van der Waals surface area contributed by atoms with Crippen LogP contribution >= 0.6 is 0 Å². The smallest absolute Gasteiger partial charge is 0.308 e. The Morgan fingerprint density at radius 3 is 2.64 bits per heavy atom. The van der Waals surface area contributed by atoms with Crippen LogP contribution in [0.2, 0.25) is 0 Å². The van der Waals surface area contributed by atoms with E-state index in [0.717, 1.165) is 24.8 Å². The average molecular weight is 303 g/mol. The molecule has 2 N–H and O–H groups in total. The van der Waals surface area contributed by atoms with E-state index >= 15 is 0 Å². The number of nitrogens with one attached hydrogen (secondary N) is 1. The predicted molar refractivity (Wildman–Crippen MR) is 85.6 cm³/mol. The van der Waals surface area contributed by atoms with Gasteiger partial charge in [0, 0.05) is 6.42 Å². The zero-order chi connectivity index (χ0) is 16.2. The molecular weight excluding hydrogens is 278 g/mol. The Bertz CT molecular complexity index is 528. The van der Waals surface area contributed by atoms with Gasteiger partial charge in [0.25, 0.3) is 0 Å². The zero-order valence-electron chi connectivity index (χ0n) is 13.3. The van der Waals surface area contributed by atoms with Crippen molar-refractivity contribution in [3.63, 3.8) is 0 Å². The van der Waals surface area contributed by atoms with E-state index in [0.29, 0.717) is 12.8 Å². The molecule has 1 aromatic carbocycles. The number of amides is 1. The minimum absolute atomic E-state index is 0.0630. The van der Waals surface area contributed by atoms with Crippen molar-refractivity contribution in [1.29, 1.82) is 0 Å². The largest absolute Gasteiger partial charge is 0.481 e. The van der Waals surface area contributed by atoms with Crippen molar-refractivity contribution < 1.29 is 14.7 Å². The summed E-state index contributed by atoms with van der Waals surface area (Å²) in [6.07, 6.45) is 3.64. The minimum atomic E-state index is -0.807. The van der Waals surface area contributed by atoms with E-state index in [1.807, 2.05) is 44.2 Å². The SMILES string of the molecule is CC(CC(=O)NC1(C)CCCCC1C(=O)O)c1ccccc1. The molecule has 3 atom stereocenters. The summed E-state index contributed by atoms with van der Waals surface area (Å²) in [6.45, 7) is 3.89.